The summed E-state index contributed by atoms with van der Waals surface area (Å²) in [5.74, 6) is 0. The van der Waals surface area contributed by atoms with Gasteiger partial charge >= 0.3 is 6.16 Å². The normalized spacial score (nSPS) is 36.5. The highest BCUT2D eigenvalue weighted by Gasteiger charge is 2.28. The summed E-state index contributed by atoms with van der Waals surface area (Å²) in [7, 11) is 0. The molecular weight excluding hydrogens is 108 g/mol. The Morgan fingerprint density at radius 3 is 1.75 bits per heavy atom. The molecule has 2 unspecified atom stereocenters. The third-order valence-electron chi connectivity index (χ3n) is 1.23. The molecular formula is C5H8O3. The fourth-order valence-electron chi connectivity index (χ4n) is 0.523. The van der Waals surface area contributed by atoms with Crippen molar-refractivity contribution < 1.29 is 14.3 Å². The fourth-order valence-corrected chi connectivity index (χ4v) is 0.523. The van der Waals surface area contributed by atoms with Gasteiger partial charge in [0.1, 0.15) is 12.2 Å². The lowest BCUT2D eigenvalue weighted by Crippen LogP contribution is -2.13. The van der Waals surface area contributed by atoms with Crippen LogP contribution in [0.3, 0.4) is 0 Å². The van der Waals surface area contributed by atoms with E-state index in [0.717, 1.165) is 0 Å². The van der Waals surface area contributed by atoms with E-state index >= 15 is 0 Å². The molecule has 1 aliphatic heterocycles. The van der Waals surface area contributed by atoms with Gasteiger partial charge in [-0.15, -0.1) is 0 Å². The second-order valence-corrected chi connectivity index (χ2v) is 1.90. The summed E-state index contributed by atoms with van der Waals surface area (Å²) in [4.78, 5) is 10.2. The smallest absolute Gasteiger partial charge is 0.427 e. The Bertz CT molecular complexity index is 98.2. The average Bonchev–Trinajstić information content (AvgIpc) is 1.85. The van der Waals surface area contributed by atoms with Crippen LogP contribution in [0.4, 0.5) is 4.79 Å². The number of hydrogen-bond donors (Lipinski definition) is 0. The molecule has 1 fully saturated rings. The zero-order valence-corrected chi connectivity index (χ0v) is 4.88. The van der Waals surface area contributed by atoms with Crippen LogP contribution in [0.1, 0.15) is 13.8 Å². The van der Waals surface area contributed by atoms with Gasteiger partial charge in [0.15, 0.2) is 0 Å². The molecule has 0 amide bonds. The molecule has 0 N–H and O–H groups in total. The molecule has 3 heteroatoms. The molecule has 0 bridgehead atoms. The van der Waals surface area contributed by atoms with Crippen molar-refractivity contribution in [2.24, 2.45) is 0 Å². The summed E-state index contributed by atoms with van der Waals surface area (Å²) in [5, 5.41) is 0. The number of cyclic esters (lactones) is 2. The first-order chi connectivity index (χ1) is 3.70. The Kier molecular flexibility index (Phi) is 1.12. The van der Waals surface area contributed by atoms with E-state index in [1.54, 1.807) is 13.8 Å². The molecule has 0 aliphatic carbocycles. The molecule has 1 saturated heterocycles. The van der Waals surface area contributed by atoms with Crippen LogP contribution in [-0.4, -0.2) is 18.4 Å². The molecule has 0 aromatic carbocycles. The van der Waals surface area contributed by atoms with Crippen LogP contribution in [0.25, 0.3) is 0 Å². The second-order valence-electron chi connectivity index (χ2n) is 1.90. The van der Waals surface area contributed by atoms with Crippen molar-refractivity contribution in [1.29, 1.82) is 0 Å². The first-order valence-corrected chi connectivity index (χ1v) is 2.57. The standard InChI is InChI=1S/C5H8O3/c1-3-4(2)8-5(6)7-3/h3-4H,1-2H3. The third kappa shape index (κ3) is 0.757. The lowest BCUT2D eigenvalue weighted by molar-refractivity contribution is 0.118. The monoisotopic (exact) mass is 116 g/mol. The predicted molar refractivity (Wildman–Crippen MR) is 26.5 cm³/mol. The van der Waals surface area contributed by atoms with E-state index in [0.29, 0.717) is 0 Å². The van der Waals surface area contributed by atoms with Gasteiger partial charge in [0.25, 0.3) is 0 Å². The molecule has 3 nitrogen and oxygen atoms in total. The zero-order chi connectivity index (χ0) is 6.15. The summed E-state index contributed by atoms with van der Waals surface area (Å²) >= 11 is 0. The van der Waals surface area contributed by atoms with Gasteiger partial charge in [-0.2, -0.15) is 0 Å². The maximum absolute atomic E-state index is 10.2. The van der Waals surface area contributed by atoms with Crippen molar-refractivity contribution in [1.82, 2.24) is 0 Å². The molecule has 1 rings (SSSR count). The van der Waals surface area contributed by atoms with Gasteiger partial charge in [0.05, 0.1) is 0 Å². The van der Waals surface area contributed by atoms with Crippen molar-refractivity contribution in [3.05, 3.63) is 0 Å². The Labute approximate surface area is 47.6 Å². The minimum atomic E-state index is -0.551. The number of rotatable bonds is 0. The summed E-state index contributed by atoms with van der Waals surface area (Å²) in [5.41, 5.74) is 0. The summed E-state index contributed by atoms with van der Waals surface area (Å²) in [6, 6.07) is 0. The van der Waals surface area contributed by atoms with Crippen LogP contribution in [0.15, 0.2) is 0 Å². The minimum absolute atomic E-state index is 0.0810. The second kappa shape index (κ2) is 1.65. The molecule has 0 spiro atoms. The highest BCUT2D eigenvalue weighted by molar-refractivity contribution is 5.62. The Balaban J connectivity index is 2.51. The molecule has 8 heavy (non-hydrogen) atoms. The van der Waals surface area contributed by atoms with Crippen molar-refractivity contribution in [3.63, 3.8) is 0 Å². The van der Waals surface area contributed by atoms with E-state index < -0.39 is 6.16 Å². The van der Waals surface area contributed by atoms with Crippen molar-refractivity contribution >= 4 is 6.16 Å². The number of carbonyl (C=O) groups is 1. The van der Waals surface area contributed by atoms with E-state index in [4.69, 9.17) is 0 Å². The lowest BCUT2D eigenvalue weighted by atomic mass is 10.3. The molecule has 46 valence electrons. The quantitative estimate of drug-likeness (QED) is 0.441. The van der Waals surface area contributed by atoms with Crippen LogP contribution < -0.4 is 0 Å². The van der Waals surface area contributed by atoms with E-state index in [-0.39, 0.29) is 12.2 Å². The van der Waals surface area contributed by atoms with Crippen molar-refractivity contribution in [2.45, 2.75) is 26.1 Å². The minimum Gasteiger partial charge on any atom is -0.427 e. The topological polar surface area (TPSA) is 35.5 Å². The van der Waals surface area contributed by atoms with E-state index in [9.17, 15) is 4.79 Å². The molecule has 0 radical (unpaired) electrons. The molecule has 1 heterocycles. The van der Waals surface area contributed by atoms with Crippen molar-refractivity contribution in [3.8, 4) is 0 Å². The first-order valence-electron chi connectivity index (χ1n) is 2.57. The molecule has 2 atom stereocenters. The van der Waals surface area contributed by atoms with Gasteiger partial charge < -0.3 is 9.47 Å². The number of ether oxygens (including phenoxy) is 2. The molecule has 0 aromatic rings. The first kappa shape index (κ1) is 5.41. The maximum Gasteiger partial charge on any atom is 0.509 e. The highest BCUT2D eigenvalue weighted by atomic mass is 16.8. The van der Waals surface area contributed by atoms with Crippen LogP contribution in [0.5, 0.6) is 0 Å². The van der Waals surface area contributed by atoms with Gasteiger partial charge in [-0.1, -0.05) is 0 Å². The number of carbonyl (C=O) groups excluding carboxylic acids is 1. The largest absolute Gasteiger partial charge is 0.509 e. The van der Waals surface area contributed by atoms with Gasteiger partial charge in [0, 0.05) is 0 Å². The molecule has 0 saturated carbocycles. The van der Waals surface area contributed by atoms with Gasteiger partial charge in [-0.3, -0.25) is 0 Å². The third-order valence-corrected chi connectivity index (χ3v) is 1.23. The van der Waals surface area contributed by atoms with Crippen LogP contribution >= 0.6 is 0 Å². The zero-order valence-electron chi connectivity index (χ0n) is 4.88. The molecule has 1 aliphatic rings. The van der Waals surface area contributed by atoms with Crippen LogP contribution in [0.2, 0.25) is 0 Å². The number of hydrogen-bond acceptors (Lipinski definition) is 3. The lowest BCUT2D eigenvalue weighted by Gasteiger charge is -2.00. The van der Waals surface area contributed by atoms with E-state index in [1.165, 1.54) is 0 Å². The van der Waals surface area contributed by atoms with Crippen molar-refractivity contribution in [2.75, 3.05) is 0 Å². The van der Waals surface area contributed by atoms with Gasteiger partial charge in [-0.05, 0) is 13.8 Å². The fraction of sp³-hybridized carbons (Fsp3) is 0.800. The van der Waals surface area contributed by atoms with Crippen LogP contribution in [0, 0.1) is 0 Å². The van der Waals surface area contributed by atoms with E-state index in [1.807, 2.05) is 0 Å². The Morgan fingerprint density at radius 2 is 1.62 bits per heavy atom. The summed E-state index contributed by atoms with van der Waals surface area (Å²) in [6.07, 6.45) is -0.713. The van der Waals surface area contributed by atoms with Gasteiger partial charge in [0.2, 0.25) is 0 Å². The predicted octanol–water partition coefficient (Wildman–Crippen LogP) is 0.930. The van der Waals surface area contributed by atoms with Crippen LogP contribution in [-0.2, 0) is 9.47 Å². The van der Waals surface area contributed by atoms with E-state index in [2.05, 4.69) is 9.47 Å². The summed E-state index contributed by atoms with van der Waals surface area (Å²) < 4.78 is 9.22. The highest BCUT2D eigenvalue weighted by Crippen LogP contribution is 2.12. The summed E-state index contributed by atoms with van der Waals surface area (Å²) in [6.45, 7) is 3.60. The average molecular weight is 116 g/mol. The van der Waals surface area contributed by atoms with Gasteiger partial charge in [-0.25, -0.2) is 4.79 Å². The maximum atomic E-state index is 10.2. The Hall–Kier alpha value is -0.730. The molecule has 0 aromatic heterocycles. The SMILES string of the molecule is CC1OC(=O)OC1C. The Morgan fingerprint density at radius 1 is 1.25 bits per heavy atom.